The molecule has 6 heteroatoms. The van der Waals surface area contributed by atoms with E-state index in [4.69, 9.17) is 14.2 Å². The van der Waals surface area contributed by atoms with Crippen molar-refractivity contribution in [3.8, 4) is 11.5 Å². The predicted molar refractivity (Wildman–Crippen MR) is 106 cm³/mol. The maximum absolute atomic E-state index is 12.5. The van der Waals surface area contributed by atoms with Crippen LogP contribution in [-0.2, 0) is 4.74 Å². The van der Waals surface area contributed by atoms with Crippen LogP contribution in [0.25, 0.3) is 0 Å². The molecule has 0 atom stereocenters. The highest BCUT2D eigenvalue weighted by Gasteiger charge is 2.10. The number of nitrogens with one attached hydrogen (secondary N) is 1. The molecule has 0 aliphatic rings. The Hall–Kier alpha value is -2.05. The largest absolute Gasteiger partial charge is 0.492 e. The summed E-state index contributed by atoms with van der Waals surface area (Å²) in [6.07, 6.45) is 2.07. The second-order valence-electron chi connectivity index (χ2n) is 5.67. The average Bonchev–Trinajstić information content (AvgIpc) is 2.64. The highest BCUT2D eigenvalue weighted by atomic mass is 79.9. The van der Waals surface area contributed by atoms with E-state index in [9.17, 15) is 4.79 Å². The maximum atomic E-state index is 12.5. The first-order valence-electron chi connectivity index (χ1n) is 8.59. The lowest BCUT2D eigenvalue weighted by atomic mass is 10.2. The molecular formula is C20H24BrNO4. The third-order valence-electron chi connectivity index (χ3n) is 3.60. The summed E-state index contributed by atoms with van der Waals surface area (Å²) >= 11 is 3.46. The molecule has 2 aromatic carbocycles. The summed E-state index contributed by atoms with van der Waals surface area (Å²) < 4.78 is 17.0. The number of unbranched alkanes of at least 4 members (excludes halogenated alkanes) is 1. The van der Waals surface area contributed by atoms with Crippen LogP contribution in [-0.4, -0.2) is 32.8 Å². The number of methoxy groups -OCH3 is 1. The van der Waals surface area contributed by atoms with E-state index < -0.39 is 0 Å². The van der Waals surface area contributed by atoms with E-state index in [0.717, 1.165) is 23.1 Å². The Morgan fingerprint density at radius 3 is 2.65 bits per heavy atom. The molecule has 2 aromatic rings. The van der Waals surface area contributed by atoms with Crippen molar-refractivity contribution in [1.29, 1.82) is 0 Å². The summed E-state index contributed by atoms with van der Waals surface area (Å²) in [5.41, 5.74) is 1.22. The topological polar surface area (TPSA) is 56.8 Å². The van der Waals surface area contributed by atoms with Crippen LogP contribution in [0.4, 0.5) is 5.69 Å². The summed E-state index contributed by atoms with van der Waals surface area (Å²) in [4.78, 5) is 12.5. The van der Waals surface area contributed by atoms with Crippen molar-refractivity contribution in [2.75, 3.05) is 32.2 Å². The zero-order chi connectivity index (χ0) is 18.8. The van der Waals surface area contributed by atoms with E-state index in [0.29, 0.717) is 36.8 Å². The van der Waals surface area contributed by atoms with Crippen LogP contribution < -0.4 is 14.8 Å². The molecule has 0 aliphatic heterocycles. The van der Waals surface area contributed by atoms with Gasteiger partial charge in [-0.05, 0) is 52.7 Å². The first-order chi connectivity index (χ1) is 12.6. The normalized spacial score (nSPS) is 10.4. The van der Waals surface area contributed by atoms with Gasteiger partial charge in [-0.2, -0.15) is 0 Å². The van der Waals surface area contributed by atoms with Gasteiger partial charge < -0.3 is 19.5 Å². The molecule has 0 heterocycles. The first-order valence-corrected chi connectivity index (χ1v) is 9.39. The van der Waals surface area contributed by atoms with Crippen molar-refractivity contribution in [2.24, 2.45) is 0 Å². The molecular weight excluding hydrogens is 398 g/mol. The van der Waals surface area contributed by atoms with Gasteiger partial charge in [0.25, 0.3) is 5.91 Å². The van der Waals surface area contributed by atoms with Gasteiger partial charge in [-0.25, -0.2) is 0 Å². The second-order valence-corrected chi connectivity index (χ2v) is 6.52. The number of halogens is 1. The molecule has 26 heavy (non-hydrogen) atoms. The van der Waals surface area contributed by atoms with Crippen LogP contribution in [0.5, 0.6) is 11.5 Å². The number of anilines is 1. The Kier molecular flexibility index (Phi) is 8.44. The molecule has 0 aromatic heterocycles. The lowest BCUT2D eigenvalue weighted by Gasteiger charge is -2.11. The van der Waals surface area contributed by atoms with E-state index >= 15 is 0 Å². The van der Waals surface area contributed by atoms with Gasteiger partial charge in [-0.3, -0.25) is 4.79 Å². The number of hydrogen-bond donors (Lipinski definition) is 1. The second kappa shape index (κ2) is 10.8. The number of carbonyl (C=O) groups is 1. The standard InChI is InChI=1S/C20H24BrNO4/c1-3-4-10-26-19-9-8-15(13-18(19)21)20(23)22-16-6-5-7-17(14-16)25-12-11-24-2/h5-9,13-14H,3-4,10-12H2,1-2H3,(H,22,23). The van der Waals surface area contributed by atoms with Gasteiger partial charge in [-0.15, -0.1) is 0 Å². The first kappa shape index (κ1) is 20.3. The van der Waals surface area contributed by atoms with Gasteiger partial charge in [0.05, 0.1) is 17.7 Å². The molecule has 0 radical (unpaired) electrons. The summed E-state index contributed by atoms with van der Waals surface area (Å²) in [5, 5.41) is 2.88. The van der Waals surface area contributed by atoms with Crippen LogP contribution in [0, 0.1) is 0 Å². The molecule has 0 bridgehead atoms. The number of carbonyl (C=O) groups excluding carboxylic acids is 1. The van der Waals surface area contributed by atoms with E-state index in [1.165, 1.54) is 0 Å². The molecule has 0 saturated heterocycles. The SMILES string of the molecule is CCCCOc1ccc(C(=O)Nc2cccc(OCCOC)c2)cc1Br. The zero-order valence-electron chi connectivity index (χ0n) is 15.1. The minimum absolute atomic E-state index is 0.195. The lowest BCUT2D eigenvalue weighted by Crippen LogP contribution is -2.12. The summed E-state index contributed by atoms with van der Waals surface area (Å²) in [6.45, 7) is 3.75. The van der Waals surface area contributed by atoms with Gasteiger partial charge in [0.1, 0.15) is 18.1 Å². The minimum atomic E-state index is -0.195. The van der Waals surface area contributed by atoms with E-state index in [1.807, 2.05) is 18.2 Å². The molecule has 0 saturated carbocycles. The van der Waals surface area contributed by atoms with E-state index in [2.05, 4.69) is 28.2 Å². The van der Waals surface area contributed by atoms with Gasteiger partial charge in [0, 0.05) is 24.4 Å². The molecule has 140 valence electrons. The van der Waals surface area contributed by atoms with Gasteiger partial charge >= 0.3 is 0 Å². The number of rotatable bonds is 10. The molecule has 0 unspecified atom stereocenters. The summed E-state index contributed by atoms with van der Waals surface area (Å²) in [5.74, 6) is 1.23. The Balaban J connectivity index is 1.98. The Morgan fingerprint density at radius 2 is 1.92 bits per heavy atom. The Labute approximate surface area is 162 Å². The Morgan fingerprint density at radius 1 is 1.08 bits per heavy atom. The van der Waals surface area contributed by atoms with Crippen LogP contribution in [0.1, 0.15) is 30.1 Å². The number of ether oxygens (including phenoxy) is 3. The maximum Gasteiger partial charge on any atom is 0.255 e. The molecule has 0 fully saturated rings. The predicted octanol–water partition coefficient (Wildman–Crippen LogP) is 4.91. The van der Waals surface area contributed by atoms with Crippen LogP contribution in [0.15, 0.2) is 46.9 Å². The van der Waals surface area contributed by atoms with Gasteiger partial charge in [0.15, 0.2) is 0 Å². The third kappa shape index (κ3) is 6.35. The van der Waals surface area contributed by atoms with Crippen LogP contribution in [0.3, 0.4) is 0 Å². The molecule has 2 rings (SSSR count). The fourth-order valence-electron chi connectivity index (χ4n) is 2.20. The molecule has 1 amide bonds. The molecule has 0 spiro atoms. The van der Waals surface area contributed by atoms with E-state index in [1.54, 1.807) is 31.4 Å². The van der Waals surface area contributed by atoms with Gasteiger partial charge in [-0.1, -0.05) is 19.4 Å². The monoisotopic (exact) mass is 421 g/mol. The molecule has 0 aliphatic carbocycles. The minimum Gasteiger partial charge on any atom is -0.492 e. The quantitative estimate of drug-likeness (QED) is 0.553. The molecule has 1 N–H and O–H groups in total. The highest BCUT2D eigenvalue weighted by molar-refractivity contribution is 9.10. The molecule has 5 nitrogen and oxygen atoms in total. The van der Waals surface area contributed by atoms with Crippen molar-refractivity contribution in [3.63, 3.8) is 0 Å². The van der Waals surface area contributed by atoms with E-state index in [-0.39, 0.29) is 5.91 Å². The lowest BCUT2D eigenvalue weighted by molar-refractivity contribution is 0.102. The summed E-state index contributed by atoms with van der Waals surface area (Å²) in [6, 6.07) is 12.6. The fourth-order valence-corrected chi connectivity index (χ4v) is 2.69. The number of hydrogen-bond acceptors (Lipinski definition) is 4. The van der Waals surface area contributed by atoms with Crippen LogP contribution in [0.2, 0.25) is 0 Å². The fraction of sp³-hybridized carbons (Fsp3) is 0.350. The van der Waals surface area contributed by atoms with Crippen molar-refractivity contribution in [2.45, 2.75) is 19.8 Å². The number of amides is 1. The van der Waals surface area contributed by atoms with Crippen molar-refractivity contribution in [1.82, 2.24) is 0 Å². The van der Waals surface area contributed by atoms with Crippen LogP contribution >= 0.6 is 15.9 Å². The van der Waals surface area contributed by atoms with Crippen molar-refractivity contribution >= 4 is 27.5 Å². The average molecular weight is 422 g/mol. The smallest absolute Gasteiger partial charge is 0.255 e. The highest BCUT2D eigenvalue weighted by Crippen LogP contribution is 2.27. The Bertz CT molecular complexity index is 721. The number of benzene rings is 2. The zero-order valence-corrected chi connectivity index (χ0v) is 16.7. The van der Waals surface area contributed by atoms with Crippen molar-refractivity contribution in [3.05, 3.63) is 52.5 Å². The van der Waals surface area contributed by atoms with Gasteiger partial charge in [0.2, 0.25) is 0 Å². The summed E-state index contributed by atoms with van der Waals surface area (Å²) in [7, 11) is 1.62. The third-order valence-corrected chi connectivity index (χ3v) is 4.22. The van der Waals surface area contributed by atoms with Crippen molar-refractivity contribution < 1.29 is 19.0 Å².